The number of unbranched alkanes of at least 4 members (excludes halogenated alkanes) is 3. The maximum Gasteiger partial charge on any atom is 0.327 e. The molecule has 10 nitrogen and oxygen atoms in total. The van der Waals surface area contributed by atoms with E-state index in [1.165, 1.54) is 12.2 Å². The van der Waals surface area contributed by atoms with E-state index in [9.17, 15) is 14.4 Å². The molecule has 0 amide bonds. The lowest BCUT2D eigenvalue weighted by Gasteiger charge is -2.23. The number of nitrogens with zero attached hydrogens (tertiary/aromatic N) is 2. The normalized spacial score (nSPS) is 9.23. The van der Waals surface area contributed by atoms with Gasteiger partial charge in [-0.2, -0.15) is 0 Å². The summed E-state index contributed by atoms with van der Waals surface area (Å²) in [6.07, 6.45) is 7.63. The van der Waals surface area contributed by atoms with Crippen molar-refractivity contribution in [2.24, 2.45) is 15.4 Å². The number of carboxylic acid groups (broad SMARTS) is 1. The van der Waals surface area contributed by atoms with Gasteiger partial charge in [0.05, 0.1) is 44.9 Å². The topological polar surface area (TPSA) is 177 Å². The largest absolute Gasteiger partial charge is 0.478 e. The van der Waals surface area contributed by atoms with E-state index in [1.807, 2.05) is 0 Å². The zero-order chi connectivity index (χ0) is 20.7. The van der Waals surface area contributed by atoms with Crippen LogP contribution in [0.3, 0.4) is 0 Å². The second-order valence-corrected chi connectivity index (χ2v) is 5.04. The van der Waals surface area contributed by atoms with Gasteiger partial charge >= 0.3 is 5.97 Å². The molecule has 0 fully saturated rings. The quantitative estimate of drug-likeness (QED) is 0.130. The third-order valence-electron chi connectivity index (χ3n) is 2.94. The molecule has 0 saturated heterocycles. The molecule has 5 N–H and O–H groups in total. The zero-order valence-corrected chi connectivity index (χ0v) is 14.7. The highest BCUT2D eigenvalue weighted by atomic mass is 16.4. The van der Waals surface area contributed by atoms with Gasteiger partial charge in [-0.3, -0.25) is 0 Å². The van der Waals surface area contributed by atoms with E-state index in [1.54, 1.807) is 0 Å². The lowest BCUT2D eigenvalue weighted by atomic mass is 9.93. The monoisotopic (exact) mass is 376 g/mol. The average molecular weight is 376 g/mol. The fraction of sp³-hybridized carbons (Fsp3) is 0.688. The molecule has 0 saturated carbocycles. The molecule has 0 aliphatic rings. The van der Waals surface area contributed by atoms with Crippen molar-refractivity contribution < 1.29 is 39.9 Å². The van der Waals surface area contributed by atoms with Crippen molar-refractivity contribution in [2.75, 3.05) is 39.5 Å². The van der Waals surface area contributed by atoms with Gasteiger partial charge in [-0.1, -0.05) is 19.4 Å². The molecule has 0 aromatic heterocycles. The van der Waals surface area contributed by atoms with Crippen LogP contribution in [-0.4, -0.2) is 83.2 Å². The van der Waals surface area contributed by atoms with Crippen LogP contribution in [0.2, 0.25) is 0 Å². The van der Waals surface area contributed by atoms with Crippen LogP contribution < -0.4 is 0 Å². The predicted octanol–water partition coefficient (Wildman–Crippen LogP) is -0.583. The number of carboxylic acids is 1. The Morgan fingerprint density at radius 2 is 1.15 bits per heavy atom. The maximum atomic E-state index is 9.63. The second kappa shape index (κ2) is 22.8. The Balaban J connectivity index is -0.000000333. The molecule has 0 aliphatic heterocycles. The Morgan fingerprint density at radius 3 is 1.31 bits per heavy atom. The molecule has 150 valence electrons. The first-order valence-electron chi connectivity index (χ1n) is 7.79. The number of isocyanates is 2. The van der Waals surface area contributed by atoms with Gasteiger partial charge in [0, 0.05) is 6.08 Å². The molecule has 0 bridgehead atoms. The van der Waals surface area contributed by atoms with E-state index in [2.05, 4.69) is 16.6 Å². The molecule has 0 aromatic rings. The average Bonchev–Trinajstić information content (AvgIpc) is 2.67. The van der Waals surface area contributed by atoms with Crippen LogP contribution in [0.4, 0.5) is 0 Å². The van der Waals surface area contributed by atoms with Gasteiger partial charge in [-0.05, 0) is 12.8 Å². The van der Waals surface area contributed by atoms with E-state index in [0.29, 0.717) is 13.1 Å². The molecule has 0 radical (unpaired) electrons. The van der Waals surface area contributed by atoms with Crippen LogP contribution in [0.25, 0.3) is 0 Å². The minimum atomic E-state index is -1.11. The zero-order valence-electron chi connectivity index (χ0n) is 14.7. The van der Waals surface area contributed by atoms with Gasteiger partial charge in [-0.15, -0.1) is 0 Å². The number of aliphatic hydroxyl groups is 4. The number of aliphatic imine (C=N–C) groups is 2. The molecular weight excluding hydrogens is 348 g/mol. The van der Waals surface area contributed by atoms with E-state index in [-0.39, 0.29) is 0 Å². The molecule has 0 aliphatic carbocycles. The summed E-state index contributed by atoms with van der Waals surface area (Å²) in [5.41, 5.74) is -1.11. The first-order valence-corrected chi connectivity index (χ1v) is 7.79. The molecule has 0 spiro atoms. The molecular formula is C16H28N2O8. The summed E-state index contributed by atoms with van der Waals surface area (Å²) in [7, 11) is 0. The Kier molecular flexibility index (Phi) is 25.1. The number of carbonyl (C=O) groups excluding carboxylic acids is 2. The van der Waals surface area contributed by atoms with Crippen LogP contribution in [0.5, 0.6) is 0 Å². The fourth-order valence-corrected chi connectivity index (χ4v) is 1.13. The van der Waals surface area contributed by atoms with Crippen molar-refractivity contribution in [1.29, 1.82) is 0 Å². The number of hydrogen-bond acceptors (Lipinski definition) is 9. The SMILES string of the molecule is C=CC(=O)O.O=C=NCCCCCCN=C=O.OCC(CO)(CO)CO. The summed E-state index contributed by atoms with van der Waals surface area (Å²) in [4.78, 5) is 35.3. The Bertz CT molecular complexity index is 400. The summed E-state index contributed by atoms with van der Waals surface area (Å²) < 4.78 is 0. The maximum absolute atomic E-state index is 9.63. The molecule has 0 unspecified atom stereocenters. The van der Waals surface area contributed by atoms with E-state index in [0.717, 1.165) is 31.8 Å². The fourth-order valence-electron chi connectivity index (χ4n) is 1.13. The number of aliphatic hydroxyl groups excluding tert-OH is 4. The molecule has 10 heteroatoms. The van der Waals surface area contributed by atoms with Crippen molar-refractivity contribution in [3.05, 3.63) is 12.7 Å². The van der Waals surface area contributed by atoms with Gasteiger partial charge in [-0.25, -0.2) is 24.4 Å². The molecule has 0 aromatic carbocycles. The van der Waals surface area contributed by atoms with Crippen LogP contribution in [0.15, 0.2) is 22.6 Å². The van der Waals surface area contributed by atoms with Crippen molar-refractivity contribution >= 4 is 18.1 Å². The molecule has 26 heavy (non-hydrogen) atoms. The van der Waals surface area contributed by atoms with Crippen LogP contribution in [-0.2, 0) is 14.4 Å². The van der Waals surface area contributed by atoms with E-state index in [4.69, 9.17) is 25.5 Å². The van der Waals surface area contributed by atoms with Gasteiger partial charge in [0.25, 0.3) is 0 Å². The number of rotatable bonds is 12. The minimum Gasteiger partial charge on any atom is -0.478 e. The standard InChI is InChI=1S/C8H12N2O2.C5H12O4.C3H4O2/c11-7-9-5-3-1-2-4-6-10-8-12;6-1-5(2-7,3-8)4-9;1-2-3(4)5/h1-6H2;6-9H,1-4H2;2H,1H2,(H,4,5). The Labute approximate surface area is 152 Å². The summed E-state index contributed by atoms with van der Waals surface area (Å²) in [5.74, 6) is -0.981. The van der Waals surface area contributed by atoms with Crippen LogP contribution in [0.1, 0.15) is 25.7 Å². The number of carbonyl (C=O) groups is 1. The van der Waals surface area contributed by atoms with Crippen molar-refractivity contribution in [3.63, 3.8) is 0 Å². The van der Waals surface area contributed by atoms with E-state index < -0.39 is 37.8 Å². The Hall–Kier alpha value is -2.19. The van der Waals surface area contributed by atoms with Gasteiger partial charge < -0.3 is 25.5 Å². The predicted molar refractivity (Wildman–Crippen MR) is 93.1 cm³/mol. The summed E-state index contributed by atoms with van der Waals surface area (Å²) in [6.45, 7) is 2.45. The summed E-state index contributed by atoms with van der Waals surface area (Å²) in [5, 5.41) is 41.6. The lowest BCUT2D eigenvalue weighted by Crippen LogP contribution is -2.37. The number of hydrogen-bond donors (Lipinski definition) is 5. The minimum absolute atomic E-state index is 0.406. The van der Waals surface area contributed by atoms with Crippen molar-refractivity contribution in [1.82, 2.24) is 0 Å². The Morgan fingerprint density at radius 1 is 0.846 bits per heavy atom. The second-order valence-electron chi connectivity index (χ2n) is 5.04. The highest BCUT2D eigenvalue weighted by Gasteiger charge is 2.26. The third kappa shape index (κ3) is 21.8. The number of aliphatic carboxylic acids is 1. The van der Waals surface area contributed by atoms with Gasteiger partial charge in [0.2, 0.25) is 12.2 Å². The van der Waals surface area contributed by atoms with Crippen LogP contribution in [0, 0.1) is 5.41 Å². The first kappa shape index (κ1) is 28.6. The van der Waals surface area contributed by atoms with Crippen molar-refractivity contribution in [3.8, 4) is 0 Å². The van der Waals surface area contributed by atoms with Gasteiger partial charge in [0.1, 0.15) is 0 Å². The molecule has 0 rings (SSSR count). The van der Waals surface area contributed by atoms with Crippen molar-refractivity contribution in [2.45, 2.75) is 25.7 Å². The highest BCUT2D eigenvalue weighted by molar-refractivity contribution is 5.78. The lowest BCUT2D eigenvalue weighted by molar-refractivity contribution is -0.131. The summed E-state index contributed by atoms with van der Waals surface area (Å²) >= 11 is 0. The first-order chi connectivity index (χ1) is 12.4. The molecule has 0 atom stereocenters. The third-order valence-corrected chi connectivity index (χ3v) is 2.94. The van der Waals surface area contributed by atoms with E-state index >= 15 is 0 Å². The molecule has 0 heterocycles. The highest BCUT2D eigenvalue weighted by Crippen LogP contribution is 2.11. The van der Waals surface area contributed by atoms with Gasteiger partial charge in [0.15, 0.2) is 0 Å². The smallest absolute Gasteiger partial charge is 0.327 e. The summed E-state index contributed by atoms with van der Waals surface area (Å²) in [6, 6.07) is 0. The van der Waals surface area contributed by atoms with Crippen LogP contribution >= 0.6 is 0 Å².